The Balaban J connectivity index is 2.13. The van der Waals surface area contributed by atoms with Crippen molar-refractivity contribution in [1.82, 2.24) is 0 Å². The molecule has 1 aromatic rings. The average molecular weight is 299 g/mol. The number of likely N-dealkylation sites (N-methyl/N-ethyl adjacent to an activating group) is 1. The molecule has 94 valence electrons. The van der Waals surface area contributed by atoms with Gasteiger partial charge < -0.3 is 15.7 Å². The zero-order valence-corrected chi connectivity index (χ0v) is 11.7. The number of nitrogens with two attached hydrogens (primary N) is 1. The normalized spacial score (nSPS) is 18.3. The van der Waals surface area contributed by atoms with E-state index >= 15 is 0 Å². The van der Waals surface area contributed by atoms with Gasteiger partial charge in [0.05, 0.1) is 17.0 Å². The van der Waals surface area contributed by atoms with Crippen LogP contribution >= 0.6 is 15.9 Å². The second kappa shape index (κ2) is 4.86. The van der Waals surface area contributed by atoms with Gasteiger partial charge in [-0.15, -0.1) is 0 Å². The van der Waals surface area contributed by atoms with E-state index in [4.69, 9.17) is 5.73 Å². The molecule has 3 nitrogen and oxygen atoms in total. The van der Waals surface area contributed by atoms with E-state index in [1.54, 1.807) is 0 Å². The molecule has 1 aromatic carbocycles. The lowest BCUT2D eigenvalue weighted by molar-refractivity contribution is 0.0559. The van der Waals surface area contributed by atoms with E-state index in [2.05, 4.69) is 15.9 Å². The first-order valence-electron chi connectivity index (χ1n) is 5.99. The molecular formula is C13H19BrN2O. The summed E-state index contributed by atoms with van der Waals surface area (Å²) in [6.07, 6.45) is 4.03. The molecule has 4 heteroatoms. The van der Waals surface area contributed by atoms with Crippen molar-refractivity contribution in [1.29, 1.82) is 0 Å². The Kier molecular flexibility index (Phi) is 3.64. The van der Waals surface area contributed by atoms with Gasteiger partial charge in [-0.1, -0.05) is 28.8 Å². The summed E-state index contributed by atoms with van der Waals surface area (Å²) in [5.41, 5.74) is 7.14. The lowest BCUT2D eigenvalue weighted by Crippen LogP contribution is -2.39. The number of benzene rings is 1. The minimum Gasteiger partial charge on any atom is -0.397 e. The Bertz CT molecular complexity index is 402. The molecule has 0 radical (unpaired) electrons. The summed E-state index contributed by atoms with van der Waals surface area (Å²) in [6.45, 7) is 0.646. The van der Waals surface area contributed by atoms with Crippen LogP contribution in [0.1, 0.15) is 25.7 Å². The van der Waals surface area contributed by atoms with E-state index in [0.717, 1.165) is 41.5 Å². The molecule has 0 spiro atoms. The number of rotatable bonds is 3. The quantitative estimate of drug-likeness (QED) is 0.844. The predicted octanol–water partition coefficient (Wildman–Crippen LogP) is 2.77. The van der Waals surface area contributed by atoms with Gasteiger partial charge >= 0.3 is 0 Å². The van der Waals surface area contributed by atoms with Gasteiger partial charge in [0.25, 0.3) is 0 Å². The summed E-state index contributed by atoms with van der Waals surface area (Å²) in [7, 11) is 1.98. The maximum Gasteiger partial charge on any atom is 0.0821 e. The van der Waals surface area contributed by atoms with Gasteiger partial charge in [0.1, 0.15) is 0 Å². The number of anilines is 2. The van der Waals surface area contributed by atoms with E-state index < -0.39 is 5.60 Å². The maximum atomic E-state index is 10.4. The molecule has 0 amide bonds. The molecule has 0 atom stereocenters. The van der Waals surface area contributed by atoms with E-state index in [1.807, 2.05) is 30.1 Å². The summed E-state index contributed by atoms with van der Waals surface area (Å²) in [5, 5.41) is 10.4. The molecule has 17 heavy (non-hydrogen) atoms. The van der Waals surface area contributed by atoms with E-state index in [1.165, 1.54) is 0 Å². The zero-order valence-electron chi connectivity index (χ0n) is 10.1. The first-order chi connectivity index (χ1) is 8.00. The summed E-state index contributed by atoms with van der Waals surface area (Å²) in [5.74, 6) is 0. The molecule has 2 rings (SSSR count). The fraction of sp³-hybridized carbons (Fsp3) is 0.538. The standard InChI is InChI=1S/C13H19BrN2O/c1-16(9-13(17)6-2-3-7-13)12-8-10(14)4-5-11(12)15/h4-5,8,17H,2-3,6-7,9,15H2,1H3. The van der Waals surface area contributed by atoms with Crippen molar-refractivity contribution >= 4 is 27.3 Å². The van der Waals surface area contributed by atoms with Gasteiger partial charge in [-0.05, 0) is 31.0 Å². The Morgan fingerprint density at radius 3 is 2.71 bits per heavy atom. The third kappa shape index (κ3) is 2.93. The molecule has 0 saturated heterocycles. The highest BCUT2D eigenvalue weighted by Gasteiger charge is 2.32. The summed E-state index contributed by atoms with van der Waals surface area (Å²) in [6, 6.07) is 5.80. The van der Waals surface area contributed by atoms with E-state index in [0.29, 0.717) is 6.54 Å². The number of aliphatic hydroxyl groups is 1. The largest absolute Gasteiger partial charge is 0.397 e. The molecule has 1 saturated carbocycles. The van der Waals surface area contributed by atoms with E-state index in [9.17, 15) is 5.11 Å². The number of nitrogen functional groups attached to an aromatic ring is 1. The molecule has 1 fully saturated rings. The van der Waals surface area contributed by atoms with Crippen molar-refractivity contribution in [2.45, 2.75) is 31.3 Å². The molecule has 3 N–H and O–H groups in total. The van der Waals surface area contributed by atoms with Gasteiger partial charge in [0, 0.05) is 18.1 Å². The third-order valence-electron chi connectivity index (χ3n) is 3.47. The Labute approximate surface area is 111 Å². The van der Waals surface area contributed by atoms with Gasteiger partial charge in [0.15, 0.2) is 0 Å². The number of halogens is 1. The number of nitrogens with zero attached hydrogens (tertiary/aromatic N) is 1. The van der Waals surface area contributed by atoms with Gasteiger partial charge in [-0.25, -0.2) is 0 Å². The predicted molar refractivity (Wildman–Crippen MR) is 75.2 cm³/mol. The van der Waals surface area contributed by atoms with Crippen LogP contribution in [0.5, 0.6) is 0 Å². The Hall–Kier alpha value is -0.740. The molecule has 0 aromatic heterocycles. The van der Waals surface area contributed by atoms with Crippen molar-refractivity contribution in [2.24, 2.45) is 0 Å². The van der Waals surface area contributed by atoms with Crippen LogP contribution in [-0.2, 0) is 0 Å². The first kappa shape index (κ1) is 12.7. The molecule has 0 unspecified atom stereocenters. The summed E-state index contributed by atoms with van der Waals surface area (Å²) in [4.78, 5) is 2.05. The average Bonchev–Trinajstić information content (AvgIpc) is 2.68. The summed E-state index contributed by atoms with van der Waals surface area (Å²) < 4.78 is 1.01. The van der Waals surface area contributed by atoms with Crippen molar-refractivity contribution in [3.05, 3.63) is 22.7 Å². The molecule has 0 bridgehead atoms. The molecular weight excluding hydrogens is 280 g/mol. The fourth-order valence-corrected chi connectivity index (χ4v) is 2.91. The van der Waals surface area contributed by atoms with Gasteiger partial charge in [-0.3, -0.25) is 0 Å². The smallest absolute Gasteiger partial charge is 0.0821 e. The Morgan fingerprint density at radius 2 is 2.06 bits per heavy atom. The molecule has 1 aliphatic carbocycles. The van der Waals surface area contributed by atoms with Crippen LogP contribution < -0.4 is 10.6 Å². The number of hydrogen-bond donors (Lipinski definition) is 2. The highest BCUT2D eigenvalue weighted by atomic mass is 79.9. The molecule has 0 heterocycles. The monoisotopic (exact) mass is 298 g/mol. The van der Waals surface area contributed by atoms with Crippen molar-refractivity contribution < 1.29 is 5.11 Å². The third-order valence-corrected chi connectivity index (χ3v) is 3.96. The highest BCUT2D eigenvalue weighted by molar-refractivity contribution is 9.10. The van der Waals surface area contributed by atoms with Gasteiger partial charge in [-0.2, -0.15) is 0 Å². The minimum atomic E-state index is -0.538. The lowest BCUT2D eigenvalue weighted by atomic mass is 10.0. The van der Waals surface area contributed by atoms with Crippen LogP contribution in [0, 0.1) is 0 Å². The molecule has 0 aliphatic heterocycles. The van der Waals surface area contributed by atoms with Crippen LogP contribution in [0.4, 0.5) is 11.4 Å². The zero-order chi connectivity index (χ0) is 12.5. The second-order valence-electron chi connectivity index (χ2n) is 4.99. The first-order valence-corrected chi connectivity index (χ1v) is 6.78. The second-order valence-corrected chi connectivity index (χ2v) is 5.91. The van der Waals surface area contributed by atoms with Crippen molar-refractivity contribution in [3.63, 3.8) is 0 Å². The van der Waals surface area contributed by atoms with Crippen LogP contribution in [0.2, 0.25) is 0 Å². The molecule has 1 aliphatic rings. The summed E-state index contributed by atoms with van der Waals surface area (Å²) >= 11 is 3.45. The van der Waals surface area contributed by atoms with Gasteiger partial charge in [0.2, 0.25) is 0 Å². The van der Waals surface area contributed by atoms with Crippen molar-refractivity contribution in [2.75, 3.05) is 24.2 Å². The van der Waals surface area contributed by atoms with E-state index in [-0.39, 0.29) is 0 Å². The van der Waals surface area contributed by atoms with Crippen LogP contribution in [0.3, 0.4) is 0 Å². The SMILES string of the molecule is CN(CC1(O)CCCC1)c1cc(Br)ccc1N. The van der Waals surface area contributed by atoms with Crippen LogP contribution in [0.25, 0.3) is 0 Å². The van der Waals surface area contributed by atoms with Crippen molar-refractivity contribution in [3.8, 4) is 0 Å². The fourth-order valence-electron chi connectivity index (χ4n) is 2.57. The topological polar surface area (TPSA) is 49.5 Å². The van der Waals surface area contributed by atoms with Crippen LogP contribution in [-0.4, -0.2) is 24.3 Å². The maximum absolute atomic E-state index is 10.4. The lowest BCUT2D eigenvalue weighted by Gasteiger charge is -2.30. The number of hydrogen-bond acceptors (Lipinski definition) is 3. The highest BCUT2D eigenvalue weighted by Crippen LogP contribution is 2.33. The minimum absolute atomic E-state index is 0.538. The van der Waals surface area contributed by atoms with Crippen LogP contribution in [0.15, 0.2) is 22.7 Å². The Morgan fingerprint density at radius 1 is 1.41 bits per heavy atom.